The summed E-state index contributed by atoms with van der Waals surface area (Å²) < 4.78 is 9.42. The number of hydrogen-bond acceptors (Lipinski definition) is 4. The third kappa shape index (κ3) is 6.04. The highest BCUT2D eigenvalue weighted by atomic mass is 16.5. The van der Waals surface area contributed by atoms with E-state index in [4.69, 9.17) is 4.74 Å². The molecule has 74 valence electrons. The first kappa shape index (κ1) is 11.8. The molecule has 0 fully saturated rings. The first-order valence-electron chi connectivity index (χ1n) is 4.00. The van der Waals surface area contributed by atoms with Gasteiger partial charge in [0.1, 0.15) is 6.61 Å². The van der Waals surface area contributed by atoms with Crippen LogP contribution in [0.15, 0.2) is 12.2 Å². The Morgan fingerprint density at radius 3 is 2.38 bits per heavy atom. The number of hydrogen-bond donors (Lipinski definition) is 0. The number of ketones is 1. The van der Waals surface area contributed by atoms with Crippen LogP contribution in [0.5, 0.6) is 0 Å². The van der Waals surface area contributed by atoms with Gasteiger partial charge in [0, 0.05) is 12.2 Å². The summed E-state index contributed by atoms with van der Waals surface area (Å²) in [5, 5.41) is 0. The van der Waals surface area contributed by atoms with Crippen molar-refractivity contribution in [2.24, 2.45) is 0 Å². The second kappa shape index (κ2) is 6.37. The molecule has 0 radical (unpaired) electrons. The van der Waals surface area contributed by atoms with Crippen molar-refractivity contribution in [2.45, 2.75) is 13.8 Å². The molecule has 0 heterocycles. The van der Waals surface area contributed by atoms with E-state index in [0.29, 0.717) is 6.61 Å². The van der Waals surface area contributed by atoms with Crippen LogP contribution in [-0.2, 0) is 19.1 Å². The van der Waals surface area contributed by atoms with E-state index in [1.54, 1.807) is 6.92 Å². The zero-order valence-electron chi connectivity index (χ0n) is 7.96. The van der Waals surface area contributed by atoms with Gasteiger partial charge in [-0.2, -0.15) is 0 Å². The lowest BCUT2D eigenvalue weighted by atomic mass is 10.3. The highest BCUT2D eigenvalue weighted by Gasteiger charge is 2.07. The molecule has 0 aliphatic rings. The van der Waals surface area contributed by atoms with Crippen molar-refractivity contribution in [3.63, 3.8) is 0 Å². The molecule has 0 rings (SSSR count). The molecule has 0 N–H and O–H groups in total. The molecule has 0 aromatic heterocycles. The van der Waals surface area contributed by atoms with E-state index in [1.165, 1.54) is 6.92 Å². The molecule has 0 unspecified atom stereocenters. The summed E-state index contributed by atoms with van der Waals surface area (Å²) >= 11 is 0. The topological polar surface area (TPSA) is 52.6 Å². The first-order chi connectivity index (χ1) is 6.07. The van der Waals surface area contributed by atoms with Gasteiger partial charge in [-0.3, -0.25) is 4.79 Å². The summed E-state index contributed by atoms with van der Waals surface area (Å²) in [6, 6.07) is 0. The lowest BCUT2D eigenvalue weighted by molar-refractivity contribution is -0.145. The normalized spacial score (nSPS) is 9.38. The van der Waals surface area contributed by atoms with Crippen LogP contribution in [-0.4, -0.2) is 31.6 Å². The number of carbonyl (C=O) groups excluding carboxylic acids is 2. The van der Waals surface area contributed by atoms with E-state index < -0.39 is 5.97 Å². The van der Waals surface area contributed by atoms with Crippen molar-refractivity contribution in [3.05, 3.63) is 12.2 Å². The lowest BCUT2D eigenvalue weighted by Gasteiger charge is -2.03. The lowest BCUT2D eigenvalue weighted by Crippen LogP contribution is -2.18. The fourth-order valence-electron chi connectivity index (χ4n) is 0.527. The molecule has 0 amide bonds. The summed E-state index contributed by atoms with van der Waals surface area (Å²) in [5.74, 6) is -0.804. The van der Waals surface area contributed by atoms with Crippen molar-refractivity contribution in [2.75, 3.05) is 19.8 Å². The molecule has 4 nitrogen and oxygen atoms in total. The van der Waals surface area contributed by atoms with Crippen LogP contribution in [0, 0.1) is 0 Å². The number of carbonyl (C=O) groups is 2. The third-order valence-corrected chi connectivity index (χ3v) is 1.18. The molecule has 4 heteroatoms. The predicted octanol–water partition coefficient (Wildman–Crippen LogP) is 0.711. The highest BCUT2D eigenvalue weighted by molar-refractivity contribution is 5.90. The maximum absolute atomic E-state index is 10.9. The first-order valence-corrected chi connectivity index (χ1v) is 4.00. The van der Waals surface area contributed by atoms with Gasteiger partial charge in [-0.15, -0.1) is 0 Å². The number of esters is 1. The smallest absolute Gasteiger partial charge is 0.333 e. The van der Waals surface area contributed by atoms with E-state index in [0.717, 1.165) is 0 Å². The van der Waals surface area contributed by atoms with Crippen molar-refractivity contribution in [1.82, 2.24) is 0 Å². The molecular weight excluding hydrogens is 172 g/mol. The van der Waals surface area contributed by atoms with Gasteiger partial charge in [-0.25, -0.2) is 4.79 Å². The number of rotatable bonds is 6. The van der Waals surface area contributed by atoms with Crippen LogP contribution in [0.25, 0.3) is 0 Å². The fourth-order valence-corrected chi connectivity index (χ4v) is 0.527. The van der Waals surface area contributed by atoms with Gasteiger partial charge in [-0.05, 0) is 13.8 Å². The van der Waals surface area contributed by atoms with Gasteiger partial charge in [0.25, 0.3) is 0 Å². The molecule has 0 aromatic carbocycles. The second-order valence-corrected chi connectivity index (χ2v) is 2.53. The van der Waals surface area contributed by atoms with E-state index in [1.807, 2.05) is 0 Å². The Morgan fingerprint density at radius 2 is 1.92 bits per heavy atom. The minimum absolute atomic E-state index is 0.0139. The van der Waals surface area contributed by atoms with E-state index in [-0.39, 0.29) is 24.6 Å². The largest absolute Gasteiger partial charge is 0.454 e. The molecule has 0 aromatic rings. The summed E-state index contributed by atoms with van der Waals surface area (Å²) in [5.41, 5.74) is 0.282. The Balaban J connectivity index is 3.58. The van der Waals surface area contributed by atoms with Crippen LogP contribution >= 0.6 is 0 Å². The number of ether oxygens (including phenoxy) is 2. The molecule has 0 aliphatic heterocycles. The minimum atomic E-state index is -0.551. The van der Waals surface area contributed by atoms with Gasteiger partial charge in [0.05, 0.1) is 0 Å². The average Bonchev–Trinajstić information content (AvgIpc) is 2.10. The molecule has 0 atom stereocenters. The van der Waals surface area contributed by atoms with Crippen LogP contribution in [0.4, 0.5) is 0 Å². The number of Topliss-reactive ketones (excluding diaryl/α,β-unsaturated/α-hetero) is 1. The fraction of sp³-hybridized carbons (Fsp3) is 0.556. The van der Waals surface area contributed by atoms with Crippen molar-refractivity contribution in [3.8, 4) is 0 Å². The average molecular weight is 186 g/mol. The Morgan fingerprint density at radius 1 is 1.31 bits per heavy atom. The van der Waals surface area contributed by atoms with E-state index in [2.05, 4.69) is 11.3 Å². The summed E-state index contributed by atoms with van der Waals surface area (Å²) in [6.07, 6.45) is 0. The molecule has 0 saturated heterocycles. The van der Waals surface area contributed by atoms with Gasteiger partial charge in [-0.1, -0.05) is 6.58 Å². The minimum Gasteiger partial charge on any atom is -0.454 e. The molecule has 0 bridgehead atoms. The standard InChI is InChI=1S/C9H14O4/c1-4-12-5-8(10)6-13-9(11)7(2)3/h2,4-6H2,1,3H3. The summed E-state index contributed by atoms with van der Waals surface area (Å²) in [7, 11) is 0. The van der Waals surface area contributed by atoms with Crippen LogP contribution in [0.3, 0.4) is 0 Å². The van der Waals surface area contributed by atoms with E-state index in [9.17, 15) is 9.59 Å². The highest BCUT2D eigenvalue weighted by Crippen LogP contribution is 1.92. The Kier molecular flexibility index (Phi) is 5.80. The van der Waals surface area contributed by atoms with Gasteiger partial charge in [0.2, 0.25) is 0 Å². The third-order valence-electron chi connectivity index (χ3n) is 1.18. The SMILES string of the molecule is C=C(C)C(=O)OCC(=O)COCC. The zero-order valence-corrected chi connectivity index (χ0v) is 7.96. The maximum atomic E-state index is 10.9. The maximum Gasteiger partial charge on any atom is 0.333 e. The van der Waals surface area contributed by atoms with E-state index >= 15 is 0 Å². The van der Waals surface area contributed by atoms with Gasteiger partial charge < -0.3 is 9.47 Å². The molecular formula is C9H14O4. The molecule has 0 aliphatic carbocycles. The van der Waals surface area contributed by atoms with Gasteiger partial charge >= 0.3 is 5.97 Å². The monoisotopic (exact) mass is 186 g/mol. The van der Waals surface area contributed by atoms with Crippen LogP contribution < -0.4 is 0 Å². The summed E-state index contributed by atoms with van der Waals surface area (Å²) in [6.45, 7) is 6.90. The predicted molar refractivity (Wildman–Crippen MR) is 47.3 cm³/mol. The molecule has 0 spiro atoms. The van der Waals surface area contributed by atoms with Crippen molar-refractivity contribution >= 4 is 11.8 Å². The van der Waals surface area contributed by atoms with Crippen LogP contribution in [0.1, 0.15) is 13.8 Å². The van der Waals surface area contributed by atoms with Gasteiger partial charge in [0.15, 0.2) is 12.4 Å². The molecule has 13 heavy (non-hydrogen) atoms. The van der Waals surface area contributed by atoms with Crippen LogP contribution in [0.2, 0.25) is 0 Å². The molecule has 0 saturated carbocycles. The Labute approximate surface area is 77.5 Å². The second-order valence-electron chi connectivity index (χ2n) is 2.53. The zero-order chi connectivity index (χ0) is 10.3. The van der Waals surface area contributed by atoms with Crippen molar-refractivity contribution < 1.29 is 19.1 Å². The Bertz CT molecular complexity index is 208. The summed E-state index contributed by atoms with van der Waals surface area (Å²) in [4.78, 5) is 21.7. The quantitative estimate of drug-likeness (QED) is 0.453. The Hall–Kier alpha value is -1.16. The van der Waals surface area contributed by atoms with Crippen molar-refractivity contribution in [1.29, 1.82) is 0 Å².